The zero-order chi connectivity index (χ0) is 11.4. The van der Waals surface area contributed by atoms with Crippen molar-refractivity contribution in [1.29, 1.82) is 0 Å². The molecular weight excluding hydrogens is 210 g/mol. The number of hydrogen-bond donors (Lipinski definition) is 0. The van der Waals surface area contributed by atoms with Crippen LogP contribution in [0, 0.1) is 0 Å². The van der Waals surface area contributed by atoms with Crippen LogP contribution in [0.2, 0.25) is 0 Å². The number of cyclic esters (lactones) is 1. The van der Waals surface area contributed by atoms with Gasteiger partial charge in [0.05, 0.1) is 6.21 Å². The highest BCUT2D eigenvalue weighted by molar-refractivity contribution is 6.01. The van der Waals surface area contributed by atoms with Gasteiger partial charge in [-0.1, -0.05) is 30.3 Å². The summed E-state index contributed by atoms with van der Waals surface area (Å²) in [6.45, 7) is 0.154. The van der Waals surface area contributed by atoms with Crippen LogP contribution in [0.5, 0.6) is 0 Å². The van der Waals surface area contributed by atoms with Gasteiger partial charge in [-0.3, -0.25) is 0 Å². The van der Waals surface area contributed by atoms with Gasteiger partial charge in [0.1, 0.15) is 6.61 Å². The Morgan fingerprint density at radius 2 is 2.12 bits per heavy atom. The molecule has 0 radical (unpaired) electrons. The van der Waals surface area contributed by atoms with E-state index in [1.165, 1.54) is 0 Å². The van der Waals surface area contributed by atoms with Crippen molar-refractivity contribution >= 4 is 18.3 Å². The molecule has 82 valence electrons. The molecule has 0 bridgehead atoms. The molecule has 2 rings (SSSR count). The Bertz CT molecular complexity index is 427. The summed E-state index contributed by atoms with van der Waals surface area (Å²) in [5.74, 6) is -0.613. The average Bonchev–Trinajstić information content (AvgIpc) is 2.74. The Labute approximate surface area is 91.7 Å². The van der Waals surface area contributed by atoms with Gasteiger partial charge in [-0.25, -0.2) is 9.59 Å². The van der Waals surface area contributed by atoms with Crippen LogP contribution in [0.4, 0.5) is 4.79 Å². The average molecular weight is 219 g/mol. The molecule has 1 heterocycles. The minimum absolute atomic E-state index is 0.154. The summed E-state index contributed by atoms with van der Waals surface area (Å²) in [6, 6.07) is 9.24. The van der Waals surface area contributed by atoms with Crippen molar-refractivity contribution < 1.29 is 19.1 Å². The number of hydrogen-bond acceptors (Lipinski definition) is 4. The Morgan fingerprint density at radius 1 is 1.38 bits per heavy atom. The summed E-state index contributed by atoms with van der Waals surface area (Å²) in [5.41, 5.74) is 0.872. The number of carbonyl (C=O) groups excluding carboxylic acids is 2. The van der Waals surface area contributed by atoms with Crippen molar-refractivity contribution in [3.63, 3.8) is 0 Å². The summed E-state index contributed by atoms with van der Waals surface area (Å²) >= 11 is 0. The summed E-state index contributed by atoms with van der Waals surface area (Å²) in [5, 5.41) is 0. The summed E-state index contributed by atoms with van der Waals surface area (Å²) in [6.07, 6.45) is -0.631. The first-order valence-corrected chi connectivity index (χ1v) is 4.71. The molecule has 5 heteroatoms. The second-order valence-electron chi connectivity index (χ2n) is 3.18. The third-order valence-electron chi connectivity index (χ3n) is 2.00. The van der Waals surface area contributed by atoms with E-state index in [9.17, 15) is 9.59 Å². The molecular formula is C11H9NO4. The Morgan fingerprint density at radius 3 is 2.75 bits per heavy atom. The van der Waals surface area contributed by atoms with Gasteiger partial charge in [0.2, 0.25) is 6.10 Å². The minimum Gasteiger partial charge on any atom is -0.458 e. The van der Waals surface area contributed by atoms with Crippen molar-refractivity contribution in [1.82, 2.24) is 0 Å². The summed E-state index contributed by atoms with van der Waals surface area (Å²) < 4.78 is 9.53. The van der Waals surface area contributed by atoms with Crippen molar-refractivity contribution in [2.24, 2.45) is 4.99 Å². The quantitative estimate of drug-likeness (QED) is 0.719. The minimum atomic E-state index is -1.00. The van der Waals surface area contributed by atoms with E-state index >= 15 is 0 Å². The highest BCUT2D eigenvalue weighted by atomic mass is 16.6. The molecule has 1 aliphatic rings. The third-order valence-corrected chi connectivity index (χ3v) is 2.00. The molecule has 1 amide bonds. The molecule has 0 N–H and O–H groups in total. The highest BCUT2D eigenvalue weighted by Gasteiger charge is 2.27. The lowest BCUT2D eigenvalue weighted by atomic mass is 10.2. The monoisotopic (exact) mass is 219 g/mol. The van der Waals surface area contributed by atoms with Crippen LogP contribution in [-0.4, -0.2) is 24.4 Å². The molecule has 5 nitrogen and oxygen atoms in total. The van der Waals surface area contributed by atoms with Gasteiger partial charge < -0.3 is 9.47 Å². The van der Waals surface area contributed by atoms with Gasteiger partial charge in [0.25, 0.3) is 0 Å². The second kappa shape index (κ2) is 4.57. The molecule has 1 aliphatic heterocycles. The van der Waals surface area contributed by atoms with Crippen LogP contribution in [0.25, 0.3) is 0 Å². The van der Waals surface area contributed by atoms with Crippen molar-refractivity contribution in [2.75, 3.05) is 0 Å². The number of esters is 1. The number of rotatable bonds is 3. The Hall–Kier alpha value is -2.17. The highest BCUT2D eigenvalue weighted by Crippen LogP contribution is 2.06. The molecule has 0 aromatic heterocycles. The third kappa shape index (κ3) is 2.44. The van der Waals surface area contributed by atoms with Gasteiger partial charge in [-0.2, -0.15) is 4.99 Å². The van der Waals surface area contributed by atoms with Crippen LogP contribution >= 0.6 is 0 Å². The fourth-order valence-corrected chi connectivity index (χ4v) is 1.22. The maximum Gasteiger partial charge on any atom is 0.434 e. The first-order valence-electron chi connectivity index (χ1n) is 4.71. The van der Waals surface area contributed by atoms with Gasteiger partial charge >= 0.3 is 12.1 Å². The molecule has 1 aromatic rings. The van der Waals surface area contributed by atoms with E-state index < -0.39 is 18.2 Å². The summed E-state index contributed by atoms with van der Waals surface area (Å²) in [7, 11) is 0. The lowest BCUT2D eigenvalue weighted by Crippen LogP contribution is -2.25. The van der Waals surface area contributed by atoms with Gasteiger partial charge in [-0.05, 0) is 5.56 Å². The van der Waals surface area contributed by atoms with Crippen LogP contribution in [0.1, 0.15) is 5.56 Å². The van der Waals surface area contributed by atoms with Crippen molar-refractivity contribution in [3.05, 3.63) is 35.9 Å². The largest absolute Gasteiger partial charge is 0.458 e. The zero-order valence-corrected chi connectivity index (χ0v) is 8.33. The maximum atomic E-state index is 11.4. The van der Waals surface area contributed by atoms with Gasteiger partial charge in [0, 0.05) is 0 Å². The molecule has 16 heavy (non-hydrogen) atoms. The Balaban J connectivity index is 1.85. The number of carbonyl (C=O) groups is 2. The normalized spacial score (nSPS) is 18.2. The van der Waals surface area contributed by atoms with Crippen LogP contribution in [0.15, 0.2) is 35.3 Å². The number of nitrogens with zero attached hydrogens (tertiary/aromatic N) is 1. The molecule has 0 fully saturated rings. The molecule has 0 aliphatic carbocycles. The molecule has 1 atom stereocenters. The second-order valence-corrected chi connectivity index (χ2v) is 3.18. The van der Waals surface area contributed by atoms with E-state index in [1.807, 2.05) is 30.3 Å². The molecule has 1 aromatic carbocycles. The number of amides is 1. The van der Waals surface area contributed by atoms with Crippen LogP contribution in [-0.2, 0) is 20.9 Å². The van der Waals surface area contributed by atoms with E-state index in [2.05, 4.69) is 9.73 Å². The van der Waals surface area contributed by atoms with Crippen LogP contribution in [0.3, 0.4) is 0 Å². The molecule has 1 unspecified atom stereocenters. The van der Waals surface area contributed by atoms with E-state index in [0.29, 0.717) is 0 Å². The number of aliphatic imine (C=N–C) groups is 1. The smallest absolute Gasteiger partial charge is 0.434 e. The van der Waals surface area contributed by atoms with Crippen molar-refractivity contribution in [3.8, 4) is 0 Å². The maximum absolute atomic E-state index is 11.4. The number of benzene rings is 1. The zero-order valence-electron chi connectivity index (χ0n) is 8.33. The standard InChI is InChI=1S/C11H9NO4/c13-10(9-6-12-11(14)16-9)15-7-8-4-2-1-3-5-8/h1-6,9H,7H2. The molecule has 0 spiro atoms. The SMILES string of the molecule is O=C1N=CC(C(=O)OCc2ccccc2)O1. The van der Waals surface area contributed by atoms with Crippen LogP contribution < -0.4 is 0 Å². The first-order chi connectivity index (χ1) is 7.75. The topological polar surface area (TPSA) is 65.0 Å². The van der Waals surface area contributed by atoms with Gasteiger partial charge in [0.15, 0.2) is 0 Å². The first kappa shape index (κ1) is 10.4. The van der Waals surface area contributed by atoms with E-state index in [-0.39, 0.29) is 6.61 Å². The van der Waals surface area contributed by atoms with Crippen molar-refractivity contribution in [2.45, 2.75) is 12.7 Å². The van der Waals surface area contributed by atoms with E-state index in [4.69, 9.17) is 4.74 Å². The Kier molecular flexibility index (Phi) is 2.95. The molecule has 0 saturated heterocycles. The number of ether oxygens (including phenoxy) is 2. The predicted molar refractivity (Wildman–Crippen MR) is 55.0 cm³/mol. The fourth-order valence-electron chi connectivity index (χ4n) is 1.22. The predicted octanol–water partition coefficient (Wildman–Crippen LogP) is 1.32. The summed E-state index contributed by atoms with van der Waals surface area (Å²) in [4.78, 5) is 25.3. The fraction of sp³-hybridized carbons (Fsp3) is 0.182. The lowest BCUT2D eigenvalue weighted by Gasteiger charge is -2.07. The van der Waals surface area contributed by atoms with E-state index in [0.717, 1.165) is 11.8 Å². The molecule has 0 saturated carbocycles. The lowest BCUT2D eigenvalue weighted by molar-refractivity contribution is -0.150. The van der Waals surface area contributed by atoms with Gasteiger partial charge in [-0.15, -0.1) is 0 Å². The van der Waals surface area contributed by atoms with E-state index in [1.54, 1.807) is 0 Å².